The van der Waals surface area contributed by atoms with Crippen LogP contribution in [-0.2, 0) is 0 Å². The Labute approximate surface area is 105 Å². The van der Waals surface area contributed by atoms with E-state index in [1.165, 1.54) is 12.1 Å². The topological polar surface area (TPSA) is 66.9 Å². The number of rotatable bonds is 2. The van der Waals surface area contributed by atoms with Crippen LogP contribution in [0.5, 0.6) is 0 Å². The molecule has 0 bridgehead atoms. The van der Waals surface area contributed by atoms with Crippen LogP contribution < -0.4 is 0 Å². The van der Waals surface area contributed by atoms with Gasteiger partial charge in [0, 0.05) is 27.7 Å². The van der Waals surface area contributed by atoms with E-state index in [9.17, 15) is 10.1 Å². The minimum absolute atomic E-state index is 0.0757. The van der Waals surface area contributed by atoms with Gasteiger partial charge < -0.3 is 0 Å². The maximum Gasteiger partial charge on any atom is 0.271 e. The minimum Gasteiger partial charge on any atom is -0.258 e. The second-order valence-corrected chi connectivity index (χ2v) is 4.30. The molecule has 0 aliphatic heterocycles. The largest absolute Gasteiger partial charge is 0.271 e. The van der Waals surface area contributed by atoms with E-state index in [0.717, 1.165) is 0 Å². The summed E-state index contributed by atoms with van der Waals surface area (Å²) < 4.78 is 0.542. The lowest BCUT2D eigenvalue weighted by molar-refractivity contribution is -0.384. The van der Waals surface area contributed by atoms with Gasteiger partial charge in [0.25, 0.3) is 5.69 Å². The highest BCUT2D eigenvalue weighted by molar-refractivity contribution is 9.10. The molecule has 0 radical (unpaired) electrons. The molecule has 0 aliphatic rings. The number of nitriles is 1. The first-order valence-electron chi connectivity index (χ1n) is 4.17. The molecule has 0 aromatic heterocycles. The third kappa shape index (κ3) is 2.81. The fourth-order valence-electron chi connectivity index (χ4n) is 1.07. The first-order valence-corrected chi connectivity index (χ1v) is 5.34. The Hall–Kier alpha value is -1.38. The van der Waals surface area contributed by atoms with Crippen LogP contribution in [0, 0.1) is 21.4 Å². The summed E-state index contributed by atoms with van der Waals surface area (Å²) in [6.45, 7) is 1.55. The number of non-ortho nitro benzene ring substituents is 1. The van der Waals surface area contributed by atoms with Crippen molar-refractivity contribution in [3.8, 4) is 6.07 Å². The standard InChI is InChI=1S/C10H6BrClN2O2/c1-6(5-13)10(12)7-2-8(11)4-9(3-7)14(15)16/h2-4H,1H3/b10-6-. The van der Waals surface area contributed by atoms with E-state index in [2.05, 4.69) is 15.9 Å². The summed E-state index contributed by atoms with van der Waals surface area (Å²) in [5.41, 5.74) is 0.684. The highest BCUT2D eigenvalue weighted by atomic mass is 79.9. The van der Waals surface area contributed by atoms with Crippen molar-refractivity contribution in [2.75, 3.05) is 0 Å². The number of hydrogen-bond donors (Lipinski definition) is 0. The van der Waals surface area contributed by atoms with Crippen molar-refractivity contribution in [3.63, 3.8) is 0 Å². The normalized spacial score (nSPS) is 11.6. The average molecular weight is 302 g/mol. The molecule has 4 nitrogen and oxygen atoms in total. The van der Waals surface area contributed by atoms with Crippen molar-refractivity contribution in [3.05, 3.63) is 43.9 Å². The predicted octanol–water partition coefficient (Wildman–Crippen LogP) is 3.85. The molecule has 0 fully saturated rings. The van der Waals surface area contributed by atoms with Crippen molar-refractivity contribution in [1.82, 2.24) is 0 Å². The Morgan fingerprint density at radius 2 is 2.19 bits per heavy atom. The Kier molecular flexibility index (Phi) is 4.05. The van der Waals surface area contributed by atoms with E-state index in [1.54, 1.807) is 13.0 Å². The van der Waals surface area contributed by atoms with Gasteiger partial charge in [0.15, 0.2) is 0 Å². The average Bonchev–Trinajstić information content (AvgIpc) is 2.26. The van der Waals surface area contributed by atoms with Crippen LogP contribution in [0.3, 0.4) is 0 Å². The molecular weight excluding hydrogens is 295 g/mol. The van der Waals surface area contributed by atoms with Crippen LogP contribution in [-0.4, -0.2) is 4.92 Å². The maximum atomic E-state index is 10.6. The van der Waals surface area contributed by atoms with E-state index >= 15 is 0 Å². The van der Waals surface area contributed by atoms with Gasteiger partial charge in [-0.1, -0.05) is 27.5 Å². The van der Waals surface area contributed by atoms with Crippen LogP contribution in [0.2, 0.25) is 0 Å². The zero-order valence-electron chi connectivity index (χ0n) is 8.20. The lowest BCUT2D eigenvalue weighted by atomic mass is 10.1. The van der Waals surface area contributed by atoms with Crippen LogP contribution in [0.1, 0.15) is 12.5 Å². The van der Waals surface area contributed by atoms with Crippen molar-refractivity contribution in [1.29, 1.82) is 5.26 Å². The summed E-state index contributed by atoms with van der Waals surface area (Å²) in [7, 11) is 0. The van der Waals surface area contributed by atoms with Gasteiger partial charge >= 0.3 is 0 Å². The fraction of sp³-hybridized carbons (Fsp3) is 0.100. The monoisotopic (exact) mass is 300 g/mol. The molecular formula is C10H6BrClN2O2. The molecule has 1 aromatic rings. The fourth-order valence-corrected chi connectivity index (χ4v) is 1.70. The zero-order valence-corrected chi connectivity index (χ0v) is 10.5. The van der Waals surface area contributed by atoms with Crippen LogP contribution in [0.4, 0.5) is 5.69 Å². The molecule has 82 valence electrons. The predicted molar refractivity (Wildman–Crippen MR) is 64.9 cm³/mol. The van der Waals surface area contributed by atoms with Crippen LogP contribution in [0.15, 0.2) is 28.2 Å². The highest BCUT2D eigenvalue weighted by Crippen LogP contribution is 2.29. The smallest absolute Gasteiger partial charge is 0.258 e. The van der Waals surface area contributed by atoms with E-state index in [4.69, 9.17) is 16.9 Å². The minimum atomic E-state index is -0.514. The first kappa shape index (κ1) is 12.7. The van der Waals surface area contributed by atoms with Crippen molar-refractivity contribution in [2.45, 2.75) is 6.92 Å². The molecule has 0 spiro atoms. The van der Waals surface area contributed by atoms with Gasteiger partial charge in [0.2, 0.25) is 0 Å². The Morgan fingerprint density at radius 3 is 2.69 bits per heavy atom. The maximum absolute atomic E-state index is 10.6. The molecule has 0 saturated heterocycles. The molecule has 0 heterocycles. The molecule has 0 aliphatic carbocycles. The highest BCUT2D eigenvalue weighted by Gasteiger charge is 2.11. The van der Waals surface area contributed by atoms with Gasteiger partial charge in [-0.3, -0.25) is 10.1 Å². The number of hydrogen-bond acceptors (Lipinski definition) is 3. The Morgan fingerprint density at radius 1 is 1.56 bits per heavy atom. The van der Waals surface area contributed by atoms with Gasteiger partial charge in [-0.25, -0.2) is 0 Å². The van der Waals surface area contributed by atoms with E-state index in [0.29, 0.717) is 15.6 Å². The summed E-state index contributed by atoms with van der Waals surface area (Å²) in [5.74, 6) is 0. The Balaban J connectivity index is 3.37. The van der Waals surface area contributed by atoms with Gasteiger partial charge in [-0.05, 0) is 13.0 Å². The molecule has 1 rings (SSSR count). The van der Waals surface area contributed by atoms with Crippen molar-refractivity contribution < 1.29 is 4.92 Å². The van der Waals surface area contributed by atoms with Gasteiger partial charge in [-0.15, -0.1) is 0 Å². The van der Waals surface area contributed by atoms with E-state index in [1.807, 2.05) is 6.07 Å². The number of allylic oxidation sites excluding steroid dienone is 1. The first-order chi connectivity index (χ1) is 7.45. The molecule has 0 unspecified atom stereocenters. The lowest BCUT2D eigenvalue weighted by Gasteiger charge is -2.01. The lowest BCUT2D eigenvalue weighted by Crippen LogP contribution is -1.90. The molecule has 0 saturated carbocycles. The third-order valence-electron chi connectivity index (χ3n) is 1.84. The van der Waals surface area contributed by atoms with Gasteiger partial charge in [0.1, 0.15) is 0 Å². The molecule has 1 aromatic carbocycles. The summed E-state index contributed by atoms with van der Waals surface area (Å²) in [5, 5.41) is 19.5. The zero-order chi connectivity index (χ0) is 12.3. The third-order valence-corrected chi connectivity index (χ3v) is 2.80. The number of nitro groups is 1. The molecule has 0 N–H and O–H groups in total. The van der Waals surface area contributed by atoms with E-state index in [-0.39, 0.29) is 10.7 Å². The molecule has 0 amide bonds. The van der Waals surface area contributed by atoms with Crippen LogP contribution in [0.25, 0.3) is 5.03 Å². The second-order valence-electron chi connectivity index (χ2n) is 3.01. The quantitative estimate of drug-likeness (QED) is 0.473. The van der Waals surface area contributed by atoms with Gasteiger partial charge in [-0.2, -0.15) is 5.26 Å². The molecule has 16 heavy (non-hydrogen) atoms. The van der Waals surface area contributed by atoms with E-state index < -0.39 is 4.92 Å². The van der Waals surface area contributed by atoms with Crippen molar-refractivity contribution in [2.24, 2.45) is 0 Å². The van der Waals surface area contributed by atoms with Crippen molar-refractivity contribution >= 4 is 38.3 Å². The second kappa shape index (κ2) is 5.10. The molecule has 6 heteroatoms. The number of nitro benzene ring substituents is 1. The SMILES string of the molecule is C/C(C#N)=C(/Cl)c1cc(Br)cc([N+](=O)[O-])c1. The number of nitrogens with zero attached hydrogens (tertiary/aromatic N) is 2. The summed E-state index contributed by atoms with van der Waals surface area (Å²) in [6, 6.07) is 6.21. The summed E-state index contributed by atoms with van der Waals surface area (Å²) in [6.07, 6.45) is 0. The molecule has 0 atom stereocenters. The summed E-state index contributed by atoms with van der Waals surface area (Å²) in [4.78, 5) is 10.1. The number of benzene rings is 1. The number of halogens is 2. The van der Waals surface area contributed by atoms with Gasteiger partial charge in [0.05, 0.1) is 16.0 Å². The Bertz CT molecular complexity index is 520. The van der Waals surface area contributed by atoms with Crippen LogP contribution >= 0.6 is 27.5 Å². The summed E-state index contributed by atoms with van der Waals surface area (Å²) >= 11 is 9.07.